The molecule has 0 bridgehead atoms. The van der Waals surface area contributed by atoms with Gasteiger partial charge in [0, 0.05) is 25.1 Å². The van der Waals surface area contributed by atoms with Gasteiger partial charge in [0.25, 0.3) is 0 Å². The average molecular weight is 404 g/mol. The minimum absolute atomic E-state index is 0.00298. The summed E-state index contributed by atoms with van der Waals surface area (Å²) in [7, 11) is -2.19. The molecule has 8 heteroatoms. The van der Waals surface area contributed by atoms with Crippen molar-refractivity contribution in [1.29, 1.82) is 0 Å². The number of methoxy groups -OCH3 is 1. The van der Waals surface area contributed by atoms with Crippen molar-refractivity contribution >= 4 is 21.7 Å². The standard InChI is InChI=1S/C20H24N2O5S/c1-15(23)17-7-5-8-18(14-17)28(25,26)22-13-11-20(24)21-12-10-16-6-3-4-9-19(16)27-2/h3-9,14,22H,10-13H2,1-2H3,(H,21,24). The maximum atomic E-state index is 12.3. The molecule has 0 aliphatic rings. The van der Waals surface area contributed by atoms with Crippen LogP contribution < -0.4 is 14.8 Å². The zero-order chi connectivity index (χ0) is 20.6. The highest BCUT2D eigenvalue weighted by Crippen LogP contribution is 2.17. The number of rotatable bonds is 10. The minimum Gasteiger partial charge on any atom is -0.496 e. The molecule has 1 amide bonds. The van der Waals surface area contributed by atoms with Crippen molar-refractivity contribution < 1.29 is 22.7 Å². The average Bonchev–Trinajstić information content (AvgIpc) is 2.68. The summed E-state index contributed by atoms with van der Waals surface area (Å²) in [6, 6.07) is 13.3. The third kappa shape index (κ3) is 6.17. The molecule has 2 aromatic carbocycles. The van der Waals surface area contributed by atoms with Gasteiger partial charge in [-0.3, -0.25) is 9.59 Å². The summed E-state index contributed by atoms with van der Waals surface area (Å²) in [5.41, 5.74) is 1.30. The fourth-order valence-corrected chi connectivity index (χ4v) is 3.68. The maximum absolute atomic E-state index is 12.3. The summed E-state index contributed by atoms with van der Waals surface area (Å²) in [4.78, 5) is 23.3. The quantitative estimate of drug-likeness (QED) is 0.589. The molecule has 0 saturated heterocycles. The van der Waals surface area contributed by atoms with E-state index in [1.54, 1.807) is 13.2 Å². The number of Topliss-reactive ketones (excluding diaryl/α,β-unsaturated/α-hetero) is 1. The summed E-state index contributed by atoms with van der Waals surface area (Å²) in [5, 5.41) is 2.76. The Balaban J connectivity index is 1.80. The Labute approximate surface area is 165 Å². The van der Waals surface area contributed by atoms with Crippen molar-refractivity contribution in [3.05, 3.63) is 59.7 Å². The van der Waals surface area contributed by atoms with Gasteiger partial charge < -0.3 is 10.1 Å². The van der Waals surface area contributed by atoms with Crippen LogP contribution in [-0.2, 0) is 21.2 Å². The predicted octanol–water partition coefficient (Wildman–Crippen LogP) is 1.93. The molecule has 7 nitrogen and oxygen atoms in total. The van der Waals surface area contributed by atoms with Crippen LogP contribution in [0.1, 0.15) is 29.3 Å². The zero-order valence-electron chi connectivity index (χ0n) is 15.9. The van der Waals surface area contributed by atoms with Crippen LogP contribution in [0.25, 0.3) is 0 Å². The first-order chi connectivity index (χ1) is 13.3. The lowest BCUT2D eigenvalue weighted by molar-refractivity contribution is -0.120. The number of carbonyl (C=O) groups excluding carboxylic acids is 2. The van der Waals surface area contributed by atoms with Crippen molar-refractivity contribution in [2.24, 2.45) is 0 Å². The normalized spacial score (nSPS) is 11.1. The highest BCUT2D eigenvalue weighted by Gasteiger charge is 2.15. The summed E-state index contributed by atoms with van der Waals surface area (Å²) in [6.07, 6.45) is 0.622. The van der Waals surface area contributed by atoms with Crippen molar-refractivity contribution in [1.82, 2.24) is 10.0 Å². The Morgan fingerprint density at radius 3 is 2.50 bits per heavy atom. The van der Waals surface area contributed by atoms with Crippen LogP contribution in [0.15, 0.2) is 53.4 Å². The number of ether oxygens (including phenoxy) is 1. The molecule has 2 rings (SSSR count). The van der Waals surface area contributed by atoms with Gasteiger partial charge in [-0.25, -0.2) is 13.1 Å². The van der Waals surface area contributed by atoms with Crippen molar-refractivity contribution in [3.63, 3.8) is 0 Å². The topological polar surface area (TPSA) is 102 Å². The second-order valence-electron chi connectivity index (χ2n) is 6.14. The zero-order valence-corrected chi connectivity index (χ0v) is 16.7. The van der Waals surface area contributed by atoms with Crippen molar-refractivity contribution in [3.8, 4) is 5.75 Å². The van der Waals surface area contributed by atoms with E-state index in [4.69, 9.17) is 4.74 Å². The number of sulfonamides is 1. The van der Waals surface area contributed by atoms with Crippen LogP contribution in [0.3, 0.4) is 0 Å². The maximum Gasteiger partial charge on any atom is 0.240 e. The second-order valence-corrected chi connectivity index (χ2v) is 7.91. The Bertz CT molecular complexity index is 941. The number of amides is 1. The summed E-state index contributed by atoms with van der Waals surface area (Å²) < 4.78 is 32.2. The largest absolute Gasteiger partial charge is 0.496 e. The van der Waals surface area contributed by atoms with E-state index in [1.807, 2.05) is 24.3 Å². The van der Waals surface area contributed by atoms with E-state index in [2.05, 4.69) is 10.0 Å². The first kappa shape index (κ1) is 21.6. The Kier molecular flexibility index (Phi) is 7.71. The molecule has 0 atom stereocenters. The molecule has 2 N–H and O–H groups in total. The number of benzene rings is 2. The first-order valence-corrected chi connectivity index (χ1v) is 10.3. The van der Waals surface area contributed by atoms with Crippen LogP contribution in [0.5, 0.6) is 5.75 Å². The number of nitrogens with one attached hydrogen (secondary N) is 2. The third-order valence-corrected chi connectivity index (χ3v) is 5.56. The van der Waals surface area contributed by atoms with Crippen molar-refractivity contribution in [2.45, 2.75) is 24.7 Å². The molecule has 0 unspecified atom stereocenters. The van der Waals surface area contributed by atoms with E-state index in [-0.39, 0.29) is 29.6 Å². The van der Waals surface area contributed by atoms with E-state index in [0.29, 0.717) is 18.5 Å². The van der Waals surface area contributed by atoms with Crippen molar-refractivity contribution in [2.75, 3.05) is 20.2 Å². The molecule has 150 valence electrons. The number of hydrogen-bond acceptors (Lipinski definition) is 5. The van der Waals surface area contributed by atoms with Gasteiger partial charge in [-0.2, -0.15) is 0 Å². The number of ketones is 1. The van der Waals surface area contributed by atoms with Gasteiger partial charge in [0.05, 0.1) is 12.0 Å². The molecule has 0 spiro atoms. The molecule has 2 aromatic rings. The van der Waals surface area contributed by atoms with Gasteiger partial charge >= 0.3 is 0 Å². The fourth-order valence-electron chi connectivity index (χ4n) is 2.60. The van der Waals surface area contributed by atoms with Crippen LogP contribution in [-0.4, -0.2) is 40.3 Å². The number of hydrogen-bond donors (Lipinski definition) is 2. The first-order valence-electron chi connectivity index (χ1n) is 8.83. The Morgan fingerprint density at radius 2 is 1.79 bits per heavy atom. The number of carbonyl (C=O) groups is 2. The van der Waals surface area contributed by atoms with Crippen LogP contribution in [0, 0.1) is 0 Å². The van der Waals surface area contributed by atoms with Gasteiger partial charge in [0.15, 0.2) is 5.78 Å². The fraction of sp³-hybridized carbons (Fsp3) is 0.300. The van der Waals surface area contributed by atoms with Crippen LogP contribution >= 0.6 is 0 Å². The molecular formula is C20H24N2O5S. The van der Waals surface area contributed by atoms with E-state index in [1.165, 1.54) is 25.1 Å². The molecule has 0 heterocycles. The highest BCUT2D eigenvalue weighted by molar-refractivity contribution is 7.89. The van der Waals surface area contributed by atoms with Gasteiger partial charge in [-0.1, -0.05) is 30.3 Å². The lowest BCUT2D eigenvalue weighted by Gasteiger charge is -2.10. The summed E-state index contributed by atoms with van der Waals surface area (Å²) >= 11 is 0. The minimum atomic E-state index is -3.78. The lowest BCUT2D eigenvalue weighted by atomic mass is 10.1. The summed E-state index contributed by atoms with van der Waals surface area (Å²) in [6.45, 7) is 1.76. The summed E-state index contributed by atoms with van der Waals surface area (Å²) in [5.74, 6) is 0.291. The number of para-hydroxylation sites is 1. The second kappa shape index (κ2) is 10.0. The SMILES string of the molecule is COc1ccccc1CCNC(=O)CCNS(=O)(=O)c1cccc(C(C)=O)c1. The lowest BCUT2D eigenvalue weighted by Crippen LogP contribution is -2.31. The molecule has 0 radical (unpaired) electrons. The van der Waals surface area contributed by atoms with E-state index in [0.717, 1.165) is 11.3 Å². The van der Waals surface area contributed by atoms with E-state index >= 15 is 0 Å². The Morgan fingerprint density at radius 1 is 1.04 bits per heavy atom. The molecule has 0 aliphatic carbocycles. The smallest absolute Gasteiger partial charge is 0.240 e. The molecule has 0 aliphatic heterocycles. The van der Waals surface area contributed by atoms with E-state index in [9.17, 15) is 18.0 Å². The molecule has 28 heavy (non-hydrogen) atoms. The predicted molar refractivity (Wildman–Crippen MR) is 106 cm³/mol. The van der Waals surface area contributed by atoms with Gasteiger partial charge in [0.1, 0.15) is 5.75 Å². The third-order valence-electron chi connectivity index (χ3n) is 4.10. The highest BCUT2D eigenvalue weighted by atomic mass is 32.2. The molecule has 0 fully saturated rings. The van der Waals surface area contributed by atoms with Gasteiger partial charge in [-0.15, -0.1) is 0 Å². The molecule has 0 saturated carbocycles. The molecular weight excluding hydrogens is 380 g/mol. The van der Waals surface area contributed by atoms with E-state index < -0.39 is 10.0 Å². The molecule has 0 aromatic heterocycles. The monoisotopic (exact) mass is 404 g/mol. The van der Waals surface area contributed by atoms with Crippen LogP contribution in [0.4, 0.5) is 0 Å². The van der Waals surface area contributed by atoms with Gasteiger partial charge in [-0.05, 0) is 37.1 Å². The van der Waals surface area contributed by atoms with Crippen LogP contribution in [0.2, 0.25) is 0 Å². The van der Waals surface area contributed by atoms with Gasteiger partial charge in [0.2, 0.25) is 15.9 Å². The Hall–Kier alpha value is -2.71.